The van der Waals surface area contributed by atoms with E-state index in [1.165, 1.54) is 19.0 Å². The summed E-state index contributed by atoms with van der Waals surface area (Å²) in [6, 6.07) is 19.7. The number of nitrogens with one attached hydrogen (secondary N) is 3. The molecule has 4 aromatic rings. The number of hydrogen-bond acceptors (Lipinski definition) is 6. The highest BCUT2D eigenvalue weighted by Crippen LogP contribution is 2.29. The number of methoxy groups -OCH3 is 1. The monoisotopic (exact) mass is 443 g/mol. The maximum Gasteiger partial charge on any atom is 0.306 e. The average Bonchev–Trinajstić information content (AvgIpc) is 3.29. The van der Waals surface area contributed by atoms with Crippen LogP contribution in [0.25, 0.3) is 22.3 Å². The number of carbonyl (C=O) groups is 2. The van der Waals surface area contributed by atoms with E-state index in [0.29, 0.717) is 5.69 Å². The Morgan fingerprint density at radius 3 is 2.52 bits per heavy atom. The molecule has 0 saturated carbocycles. The molecule has 0 unspecified atom stereocenters. The fourth-order valence-corrected chi connectivity index (χ4v) is 3.51. The molecule has 168 valence electrons. The Hall–Kier alpha value is -4.20. The second-order valence-corrected chi connectivity index (χ2v) is 7.65. The molecule has 4 rings (SSSR count). The van der Waals surface area contributed by atoms with Crippen molar-refractivity contribution in [3.05, 3.63) is 72.6 Å². The molecule has 8 heteroatoms. The van der Waals surface area contributed by atoms with Crippen LogP contribution >= 0.6 is 0 Å². The van der Waals surface area contributed by atoms with Crippen LogP contribution in [-0.4, -0.2) is 33.9 Å². The van der Waals surface area contributed by atoms with Gasteiger partial charge in [-0.15, -0.1) is 0 Å². The van der Waals surface area contributed by atoms with Crippen molar-refractivity contribution in [3.8, 4) is 11.3 Å². The molecule has 8 nitrogen and oxygen atoms in total. The summed E-state index contributed by atoms with van der Waals surface area (Å²) in [5, 5.41) is 7.15. The van der Waals surface area contributed by atoms with Gasteiger partial charge < -0.3 is 20.4 Å². The van der Waals surface area contributed by atoms with E-state index >= 15 is 0 Å². The molecule has 1 atom stereocenters. The van der Waals surface area contributed by atoms with E-state index < -0.39 is 5.97 Å². The van der Waals surface area contributed by atoms with E-state index in [1.807, 2.05) is 48.5 Å². The molecule has 0 fully saturated rings. The van der Waals surface area contributed by atoms with Crippen LogP contribution in [0, 0.1) is 0 Å². The van der Waals surface area contributed by atoms with E-state index in [1.54, 1.807) is 0 Å². The first-order chi connectivity index (χ1) is 16.0. The molecule has 1 amide bonds. The van der Waals surface area contributed by atoms with Crippen LogP contribution in [-0.2, 0) is 14.3 Å². The number of aromatic amines is 1. The van der Waals surface area contributed by atoms with Gasteiger partial charge in [-0.1, -0.05) is 42.5 Å². The number of anilines is 2. The third kappa shape index (κ3) is 5.35. The van der Waals surface area contributed by atoms with Gasteiger partial charge in [0.1, 0.15) is 17.8 Å². The van der Waals surface area contributed by atoms with E-state index in [9.17, 15) is 9.59 Å². The van der Waals surface area contributed by atoms with Crippen molar-refractivity contribution in [2.24, 2.45) is 0 Å². The molecular formula is C25H25N5O3. The van der Waals surface area contributed by atoms with Crippen LogP contribution < -0.4 is 10.6 Å². The van der Waals surface area contributed by atoms with Crippen molar-refractivity contribution in [2.45, 2.75) is 25.8 Å². The van der Waals surface area contributed by atoms with E-state index in [2.05, 4.69) is 49.4 Å². The van der Waals surface area contributed by atoms with Gasteiger partial charge >= 0.3 is 5.97 Å². The van der Waals surface area contributed by atoms with Crippen LogP contribution in [0.4, 0.5) is 11.5 Å². The number of carbonyl (C=O) groups excluding carboxylic acids is 2. The number of benzene rings is 2. The highest BCUT2D eigenvalue weighted by Gasteiger charge is 2.13. The number of hydrogen-bond donors (Lipinski definition) is 3. The molecule has 0 spiro atoms. The predicted octanol–water partition coefficient (Wildman–Crippen LogP) is 4.69. The highest BCUT2D eigenvalue weighted by molar-refractivity contribution is 5.94. The van der Waals surface area contributed by atoms with Gasteiger partial charge in [0.05, 0.1) is 18.9 Å². The lowest BCUT2D eigenvalue weighted by Gasteiger charge is -2.15. The second-order valence-electron chi connectivity index (χ2n) is 7.65. The smallest absolute Gasteiger partial charge is 0.306 e. The molecule has 2 heterocycles. The number of ether oxygens (including phenoxy) is 1. The van der Waals surface area contributed by atoms with E-state index in [4.69, 9.17) is 0 Å². The quantitative estimate of drug-likeness (QED) is 0.341. The highest BCUT2D eigenvalue weighted by atomic mass is 16.5. The number of esters is 1. The Bertz CT molecular complexity index is 1250. The number of amides is 1. The fourth-order valence-electron chi connectivity index (χ4n) is 3.51. The maximum absolute atomic E-state index is 12.0. The van der Waals surface area contributed by atoms with Crippen molar-refractivity contribution in [1.82, 2.24) is 15.0 Å². The molecule has 33 heavy (non-hydrogen) atoms. The number of aromatic nitrogens is 3. The normalized spacial score (nSPS) is 11.7. The SMILES string of the molecule is COC(=O)CCC(=O)Nc1ccc(-c2cc3c(N[C@H](C)c4ccccc4)ncnc3[nH]2)cc1. The summed E-state index contributed by atoms with van der Waals surface area (Å²) in [6.45, 7) is 2.09. The zero-order chi connectivity index (χ0) is 23.2. The van der Waals surface area contributed by atoms with Gasteiger partial charge in [0.15, 0.2) is 0 Å². The molecule has 0 radical (unpaired) electrons. The van der Waals surface area contributed by atoms with Crippen molar-refractivity contribution in [3.63, 3.8) is 0 Å². The first kappa shape index (κ1) is 22.0. The van der Waals surface area contributed by atoms with Gasteiger partial charge in [0, 0.05) is 23.8 Å². The van der Waals surface area contributed by atoms with Gasteiger partial charge in [-0.25, -0.2) is 9.97 Å². The number of fused-ring (bicyclic) bond motifs is 1. The third-order valence-electron chi connectivity index (χ3n) is 5.34. The summed E-state index contributed by atoms with van der Waals surface area (Å²) in [7, 11) is 1.30. The lowest BCUT2D eigenvalue weighted by atomic mass is 10.1. The van der Waals surface area contributed by atoms with Gasteiger partial charge in [0.2, 0.25) is 5.91 Å². The standard InChI is InChI=1S/C25H25N5O3/c1-16(17-6-4-3-5-7-17)28-24-20-14-21(30-25(20)27-15-26-24)18-8-10-19(11-9-18)29-22(31)12-13-23(32)33-2/h3-11,14-16H,12-13H2,1-2H3,(H,29,31)(H2,26,27,28,30)/t16-/m1/s1. The Morgan fingerprint density at radius 1 is 1.03 bits per heavy atom. The second kappa shape index (κ2) is 9.95. The van der Waals surface area contributed by atoms with Crippen LogP contribution in [0.15, 0.2) is 67.0 Å². The maximum atomic E-state index is 12.0. The molecule has 2 aromatic carbocycles. The fraction of sp³-hybridized carbons (Fsp3) is 0.200. The summed E-state index contributed by atoms with van der Waals surface area (Å²) in [6.07, 6.45) is 1.66. The molecule has 0 aliphatic rings. The summed E-state index contributed by atoms with van der Waals surface area (Å²) >= 11 is 0. The molecular weight excluding hydrogens is 418 g/mol. The Morgan fingerprint density at radius 2 is 1.79 bits per heavy atom. The largest absolute Gasteiger partial charge is 0.469 e. The molecule has 0 aliphatic carbocycles. The lowest BCUT2D eigenvalue weighted by Crippen LogP contribution is -2.13. The van der Waals surface area contributed by atoms with Gasteiger partial charge in [0.25, 0.3) is 0 Å². The summed E-state index contributed by atoms with van der Waals surface area (Å²) < 4.78 is 4.56. The van der Waals surface area contributed by atoms with Gasteiger partial charge in [-0.2, -0.15) is 0 Å². The molecule has 3 N–H and O–H groups in total. The molecule has 0 bridgehead atoms. The van der Waals surface area contributed by atoms with Crippen LogP contribution in [0.1, 0.15) is 31.4 Å². The van der Waals surface area contributed by atoms with Crippen LogP contribution in [0.2, 0.25) is 0 Å². The summed E-state index contributed by atoms with van der Waals surface area (Å²) in [5.41, 5.74) is 4.41. The minimum Gasteiger partial charge on any atom is -0.469 e. The van der Waals surface area contributed by atoms with Gasteiger partial charge in [-0.05, 0) is 36.2 Å². The topological polar surface area (TPSA) is 109 Å². The molecule has 0 saturated heterocycles. The minimum atomic E-state index is -0.408. The minimum absolute atomic E-state index is 0.0514. The Labute approximate surface area is 191 Å². The number of rotatable bonds is 8. The first-order valence-electron chi connectivity index (χ1n) is 10.7. The zero-order valence-corrected chi connectivity index (χ0v) is 18.5. The molecule has 0 aliphatic heterocycles. The van der Waals surface area contributed by atoms with Crippen molar-refractivity contribution < 1.29 is 14.3 Å². The van der Waals surface area contributed by atoms with E-state index in [-0.39, 0.29) is 24.8 Å². The predicted molar refractivity (Wildman–Crippen MR) is 128 cm³/mol. The summed E-state index contributed by atoms with van der Waals surface area (Å²) in [5.74, 6) is 0.111. The summed E-state index contributed by atoms with van der Waals surface area (Å²) in [4.78, 5) is 35.3. The van der Waals surface area contributed by atoms with Crippen molar-refractivity contribution >= 4 is 34.4 Å². The van der Waals surface area contributed by atoms with Crippen LogP contribution in [0.5, 0.6) is 0 Å². The Balaban J connectivity index is 1.48. The molecule has 2 aromatic heterocycles. The van der Waals surface area contributed by atoms with Crippen LogP contribution in [0.3, 0.4) is 0 Å². The number of H-pyrrole nitrogens is 1. The Kier molecular flexibility index (Phi) is 6.64. The first-order valence-corrected chi connectivity index (χ1v) is 10.7. The van der Waals surface area contributed by atoms with E-state index in [0.717, 1.165) is 28.1 Å². The third-order valence-corrected chi connectivity index (χ3v) is 5.34. The zero-order valence-electron chi connectivity index (χ0n) is 18.5. The van der Waals surface area contributed by atoms with Gasteiger partial charge in [-0.3, -0.25) is 9.59 Å². The lowest BCUT2D eigenvalue weighted by molar-refractivity contribution is -0.141. The van der Waals surface area contributed by atoms with Crippen molar-refractivity contribution in [1.29, 1.82) is 0 Å². The average molecular weight is 444 g/mol. The number of nitrogens with zero attached hydrogens (tertiary/aromatic N) is 2. The van der Waals surface area contributed by atoms with Crippen molar-refractivity contribution in [2.75, 3.05) is 17.7 Å².